The zero-order valence-corrected chi connectivity index (χ0v) is 13.3. The fraction of sp³-hybridized carbons (Fsp3) is 0.933. The predicted molar refractivity (Wildman–Crippen MR) is 84.2 cm³/mol. The zero-order valence-electron chi connectivity index (χ0n) is 12.5. The number of nitrogens with one attached hydrogen (secondary N) is 2. The lowest BCUT2D eigenvalue weighted by molar-refractivity contribution is 0.0167. The third-order valence-electron chi connectivity index (χ3n) is 4.28. The molecule has 1 atom stereocenters. The normalized spacial score (nSPS) is 21.4. The Balaban J connectivity index is 1.57. The molecule has 0 bridgehead atoms. The monoisotopic (exact) mass is 300 g/mol. The van der Waals surface area contributed by atoms with Crippen LogP contribution in [-0.4, -0.2) is 43.3 Å². The van der Waals surface area contributed by atoms with Crippen molar-refractivity contribution in [3.05, 3.63) is 0 Å². The molecule has 0 radical (unpaired) electrons. The third-order valence-corrected chi connectivity index (χ3v) is 5.69. The van der Waals surface area contributed by atoms with E-state index < -0.39 is 0 Å². The van der Waals surface area contributed by atoms with Crippen LogP contribution in [0.3, 0.4) is 0 Å². The minimum absolute atomic E-state index is 0.0245. The number of hydrogen-bond donors (Lipinski definition) is 2. The Labute approximate surface area is 126 Å². The van der Waals surface area contributed by atoms with Crippen LogP contribution in [0.1, 0.15) is 39.0 Å². The third kappa shape index (κ3) is 5.17. The molecule has 1 saturated carbocycles. The maximum atomic E-state index is 11.7. The molecule has 2 amide bonds. The van der Waals surface area contributed by atoms with E-state index in [2.05, 4.69) is 17.6 Å². The molecule has 1 aliphatic carbocycles. The fourth-order valence-corrected chi connectivity index (χ4v) is 3.83. The van der Waals surface area contributed by atoms with Gasteiger partial charge in [0.1, 0.15) is 0 Å². The van der Waals surface area contributed by atoms with Crippen molar-refractivity contribution in [1.82, 2.24) is 10.6 Å². The van der Waals surface area contributed by atoms with Gasteiger partial charge in [-0.2, -0.15) is 11.8 Å². The van der Waals surface area contributed by atoms with Gasteiger partial charge >= 0.3 is 6.03 Å². The summed E-state index contributed by atoms with van der Waals surface area (Å²) in [5.74, 6) is 3.76. The molecule has 2 aliphatic rings. The fourth-order valence-electron chi connectivity index (χ4n) is 3.03. The molecule has 0 spiro atoms. The highest BCUT2D eigenvalue weighted by Gasteiger charge is 2.25. The zero-order chi connectivity index (χ0) is 14.2. The molecule has 2 rings (SSSR count). The van der Waals surface area contributed by atoms with E-state index in [1.54, 1.807) is 0 Å². The summed E-state index contributed by atoms with van der Waals surface area (Å²) < 4.78 is 5.86. The van der Waals surface area contributed by atoms with Gasteiger partial charge in [-0.15, -0.1) is 0 Å². The van der Waals surface area contributed by atoms with Crippen molar-refractivity contribution in [2.24, 2.45) is 11.8 Å². The van der Waals surface area contributed by atoms with Crippen molar-refractivity contribution < 1.29 is 9.53 Å². The lowest BCUT2D eigenvalue weighted by atomic mass is 9.98. The van der Waals surface area contributed by atoms with Crippen LogP contribution in [-0.2, 0) is 4.74 Å². The van der Waals surface area contributed by atoms with Crippen LogP contribution in [0.25, 0.3) is 0 Å². The molecule has 4 nitrogen and oxygen atoms in total. The van der Waals surface area contributed by atoms with Crippen molar-refractivity contribution in [1.29, 1.82) is 0 Å². The van der Waals surface area contributed by atoms with Gasteiger partial charge < -0.3 is 15.4 Å². The van der Waals surface area contributed by atoms with Gasteiger partial charge in [0.2, 0.25) is 0 Å². The van der Waals surface area contributed by atoms with Crippen LogP contribution in [0.2, 0.25) is 0 Å². The summed E-state index contributed by atoms with van der Waals surface area (Å²) in [6.07, 6.45) is 6.51. The van der Waals surface area contributed by atoms with Crippen molar-refractivity contribution in [3.8, 4) is 0 Å². The van der Waals surface area contributed by atoms with Gasteiger partial charge in [-0.05, 0) is 49.5 Å². The number of carbonyl (C=O) groups is 1. The van der Waals surface area contributed by atoms with Gasteiger partial charge in [0, 0.05) is 19.7 Å². The molecule has 2 N–H and O–H groups in total. The molecule has 1 aliphatic heterocycles. The average Bonchev–Trinajstić information content (AvgIpc) is 2.89. The highest BCUT2D eigenvalue weighted by molar-refractivity contribution is 8.00. The Morgan fingerprint density at radius 2 is 2.05 bits per heavy atom. The van der Waals surface area contributed by atoms with Gasteiger partial charge in [-0.25, -0.2) is 4.79 Å². The number of hydrogen-bond acceptors (Lipinski definition) is 3. The summed E-state index contributed by atoms with van der Waals surface area (Å²) in [5, 5.41) is 5.92. The molecule has 0 unspecified atom stereocenters. The Morgan fingerprint density at radius 1 is 1.30 bits per heavy atom. The van der Waals surface area contributed by atoms with Crippen molar-refractivity contribution >= 4 is 17.8 Å². The summed E-state index contributed by atoms with van der Waals surface area (Å²) in [5.41, 5.74) is 0. The second-order valence-corrected chi connectivity index (χ2v) is 6.94. The number of carbonyl (C=O) groups excluding carboxylic acids is 1. The number of rotatable bonds is 8. The highest BCUT2D eigenvalue weighted by Crippen LogP contribution is 2.30. The highest BCUT2D eigenvalue weighted by atomic mass is 32.2. The molecular formula is C15H28N2O2S. The average molecular weight is 300 g/mol. The lowest BCUT2D eigenvalue weighted by Crippen LogP contribution is -2.42. The second-order valence-electron chi connectivity index (χ2n) is 5.87. The van der Waals surface area contributed by atoms with Gasteiger partial charge in [-0.1, -0.05) is 12.8 Å². The summed E-state index contributed by atoms with van der Waals surface area (Å²) in [4.78, 5) is 11.7. The van der Waals surface area contributed by atoms with E-state index in [9.17, 15) is 4.79 Å². The Morgan fingerprint density at radius 3 is 2.65 bits per heavy atom. The number of ether oxygens (including phenoxy) is 1. The van der Waals surface area contributed by atoms with Crippen LogP contribution in [0.15, 0.2) is 0 Å². The molecule has 0 aromatic carbocycles. The Hall–Kier alpha value is -0.420. The first-order valence-corrected chi connectivity index (χ1v) is 9.16. The van der Waals surface area contributed by atoms with Crippen LogP contribution < -0.4 is 10.6 Å². The van der Waals surface area contributed by atoms with Gasteiger partial charge in [0.05, 0.1) is 6.10 Å². The van der Waals surface area contributed by atoms with Gasteiger partial charge in [0.15, 0.2) is 0 Å². The molecule has 1 saturated heterocycles. The summed E-state index contributed by atoms with van der Waals surface area (Å²) in [6, 6.07) is -0.0245. The van der Waals surface area contributed by atoms with Gasteiger partial charge in [0.25, 0.3) is 0 Å². The van der Waals surface area contributed by atoms with Crippen LogP contribution in [0.4, 0.5) is 4.79 Å². The van der Waals surface area contributed by atoms with Crippen molar-refractivity contribution in [2.75, 3.05) is 31.2 Å². The van der Waals surface area contributed by atoms with E-state index in [1.165, 1.54) is 37.2 Å². The summed E-state index contributed by atoms with van der Waals surface area (Å²) in [7, 11) is 0. The minimum atomic E-state index is -0.0245. The molecule has 1 heterocycles. The summed E-state index contributed by atoms with van der Waals surface area (Å²) in [6.45, 7) is 4.36. The topological polar surface area (TPSA) is 50.4 Å². The van der Waals surface area contributed by atoms with E-state index in [0.29, 0.717) is 24.5 Å². The summed E-state index contributed by atoms with van der Waals surface area (Å²) >= 11 is 1.95. The number of urea groups is 1. The van der Waals surface area contributed by atoms with Crippen LogP contribution in [0.5, 0.6) is 0 Å². The molecule has 2 fully saturated rings. The van der Waals surface area contributed by atoms with Crippen molar-refractivity contribution in [2.45, 2.75) is 45.1 Å². The largest absolute Gasteiger partial charge is 0.378 e. The Kier molecular flexibility index (Phi) is 7.00. The first kappa shape index (κ1) is 16.0. The molecule has 5 heteroatoms. The number of amides is 2. The molecule has 0 aromatic heterocycles. The van der Waals surface area contributed by atoms with E-state index >= 15 is 0 Å². The predicted octanol–water partition coefficient (Wildman–Crippen LogP) is 2.63. The Bertz CT molecular complexity index is 292. The second kappa shape index (κ2) is 8.78. The van der Waals surface area contributed by atoms with E-state index in [4.69, 9.17) is 4.74 Å². The molecule has 116 valence electrons. The van der Waals surface area contributed by atoms with Crippen molar-refractivity contribution in [3.63, 3.8) is 0 Å². The lowest BCUT2D eigenvalue weighted by Gasteiger charge is -2.25. The quantitative estimate of drug-likeness (QED) is 0.724. The first-order valence-electron chi connectivity index (χ1n) is 8.00. The van der Waals surface area contributed by atoms with Gasteiger partial charge in [-0.3, -0.25) is 0 Å². The molecular weight excluding hydrogens is 272 g/mol. The smallest absolute Gasteiger partial charge is 0.314 e. The first-order chi connectivity index (χ1) is 9.79. The molecule has 0 aromatic rings. The van der Waals surface area contributed by atoms with E-state index in [1.807, 2.05) is 11.8 Å². The van der Waals surface area contributed by atoms with E-state index in [-0.39, 0.29) is 6.03 Å². The van der Waals surface area contributed by atoms with Crippen LogP contribution >= 0.6 is 11.8 Å². The van der Waals surface area contributed by atoms with Crippen LogP contribution in [0, 0.1) is 11.8 Å². The standard InChI is InChI=1S/C15H28N2O2S/c1-2-19-14(13-5-3-4-6-13)7-8-16-15(18)17-9-12-10-20-11-12/h12-14H,2-11H2,1H3,(H2,16,17,18)/t14-/m0/s1. The van der Waals surface area contributed by atoms with E-state index in [0.717, 1.165) is 19.6 Å². The maximum Gasteiger partial charge on any atom is 0.314 e. The molecule has 20 heavy (non-hydrogen) atoms. The maximum absolute atomic E-state index is 11.7. The number of thioether (sulfide) groups is 1. The minimum Gasteiger partial charge on any atom is -0.378 e. The SMILES string of the molecule is CCO[C@@H](CCNC(=O)NCC1CSC1)C1CCCC1.